The lowest BCUT2D eigenvalue weighted by Crippen LogP contribution is -2.39. The van der Waals surface area contributed by atoms with Crippen molar-refractivity contribution in [2.24, 2.45) is 0 Å². The van der Waals surface area contributed by atoms with Crippen LogP contribution in [0.5, 0.6) is 0 Å². The maximum absolute atomic E-state index is 12.1. The highest BCUT2D eigenvalue weighted by Crippen LogP contribution is 2.37. The van der Waals surface area contributed by atoms with Gasteiger partial charge in [-0.2, -0.15) is 0 Å². The minimum absolute atomic E-state index is 0.0190. The average molecular weight is 272 g/mol. The van der Waals surface area contributed by atoms with Gasteiger partial charge in [-0.1, -0.05) is 18.2 Å². The van der Waals surface area contributed by atoms with Gasteiger partial charge in [-0.3, -0.25) is 9.69 Å². The summed E-state index contributed by atoms with van der Waals surface area (Å²) < 4.78 is 0. The molecule has 0 saturated carbocycles. The molecule has 0 spiro atoms. The molecule has 1 atom stereocenters. The molecular weight excluding hydrogens is 256 g/mol. The van der Waals surface area contributed by atoms with Crippen LogP contribution in [0.2, 0.25) is 0 Å². The number of benzene rings is 1. The number of anilines is 1. The number of carboxylic acids is 1. The third-order valence-corrected chi connectivity index (χ3v) is 3.28. The second kappa shape index (κ2) is 6.11. The van der Waals surface area contributed by atoms with Crippen LogP contribution >= 0.6 is 0 Å². The van der Waals surface area contributed by atoms with E-state index in [-0.39, 0.29) is 18.4 Å². The Morgan fingerprint density at radius 1 is 1.45 bits per heavy atom. The number of para-hydroxylation sites is 1. The number of hydrogen-bond acceptors (Lipinski definition) is 2. The zero-order chi connectivity index (χ0) is 14.5. The molecule has 2 N–H and O–H groups in total. The van der Waals surface area contributed by atoms with E-state index in [0.717, 1.165) is 11.3 Å². The van der Waals surface area contributed by atoms with Crippen molar-refractivity contribution < 1.29 is 14.7 Å². The molecule has 5 nitrogen and oxygen atoms in total. The summed E-state index contributed by atoms with van der Waals surface area (Å²) in [6.45, 7) is 0.797. The predicted molar refractivity (Wildman–Crippen MR) is 75.6 cm³/mol. The monoisotopic (exact) mass is 272 g/mol. The second-order valence-electron chi connectivity index (χ2n) is 4.65. The highest BCUT2D eigenvalue weighted by atomic mass is 16.4. The van der Waals surface area contributed by atoms with Crippen LogP contribution in [-0.2, 0) is 4.79 Å². The van der Waals surface area contributed by atoms with Gasteiger partial charge in [0.15, 0.2) is 0 Å². The maximum atomic E-state index is 12.1. The van der Waals surface area contributed by atoms with Crippen LogP contribution in [0.15, 0.2) is 24.3 Å². The first-order valence-electron chi connectivity index (χ1n) is 6.43. The maximum Gasteiger partial charge on any atom is 0.321 e. The van der Waals surface area contributed by atoms with Gasteiger partial charge in [0.1, 0.15) is 0 Å². The molecular formula is C15H16N2O3. The van der Waals surface area contributed by atoms with Gasteiger partial charge in [0, 0.05) is 31.1 Å². The molecule has 1 unspecified atom stereocenters. The molecule has 1 heterocycles. The molecule has 0 radical (unpaired) electrons. The number of carbonyl (C=O) groups excluding carboxylic acids is 1. The van der Waals surface area contributed by atoms with E-state index >= 15 is 0 Å². The Kier molecular flexibility index (Phi) is 4.26. The molecule has 0 bridgehead atoms. The van der Waals surface area contributed by atoms with Gasteiger partial charge in [0.25, 0.3) is 0 Å². The number of nitrogens with zero attached hydrogens (tertiary/aromatic N) is 1. The molecule has 0 saturated heterocycles. The van der Waals surface area contributed by atoms with Crippen molar-refractivity contribution in [3.05, 3.63) is 29.8 Å². The fourth-order valence-electron chi connectivity index (χ4n) is 2.41. The minimum atomic E-state index is -0.862. The Bertz CT molecular complexity index is 562. The van der Waals surface area contributed by atoms with Gasteiger partial charge in [-0.05, 0) is 11.6 Å². The molecule has 2 rings (SSSR count). The first kappa shape index (κ1) is 13.9. The molecule has 1 aliphatic heterocycles. The number of carboxylic acid groups (broad SMARTS) is 1. The fraction of sp³-hybridized carbons (Fsp3) is 0.333. The topological polar surface area (TPSA) is 69.6 Å². The van der Waals surface area contributed by atoms with E-state index in [4.69, 9.17) is 11.5 Å². The summed E-state index contributed by atoms with van der Waals surface area (Å²) in [7, 11) is 0. The first-order valence-corrected chi connectivity index (χ1v) is 6.43. The van der Waals surface area contributed by atoms with E-state index in [0.29, 0.717) is 19.5 Å². The largest absolute Gasteiger partial charge is 0.481 e. The van der Waals surface area contributed by atoms with Crippen molar-refractivity contribution in [2.75, 3.05) is 18.0 Å². The lowest BCUT2D eigenvalue weighted by atomic mass is 9.98. The van der Waals surface area contributed by atoms with Crippen molar-refractivity contribution in [3.8, 4) is 12.3 Å². The Labute approximate surface area is 117 Å². The second-order valence-corrected chi connectivity index (χ2v) is 4.65. The van der Waals surface area contributed by atoms with Crippen molar-refractivity contribution >= 4 is 17.7 Å². The van der Waals surface area contributed by atoms with Gasteiger partial charge in [-0.15, -0.1) is 12.3 Å². The quantitative estimate of drug-likeness (QED) is 0.648. The number of terminal acetylenes is 1. The number of nitrogens with one attached hydrogen (secondary N) is 1. The van der Waals surface area contributed by atoms with Crippen LogP contribution in [0.1, 0.15) is 24.3 Å². The molecule has 1 aliphatic rings. The Morgan fingerprint density at radius 2 is 2.20 bits per heavy atom. The summed E-state index contributed by atoms with van der Waals surface area (Å²) in [5.41, 5.74) is 1.68. The first-order chi connectivity index (χ1) is 9.63. The van der Waals surface area contributed by atoms with Crippen molar-refractivity contribution in [1.82, 2.24) is 5.32 Å². The number of rotatable bonds is 4. The van der Waals surface area contributed by atoms with Crippen LogP contribution in [0.3, 0.4) is 0 Å². The van der Waals surface area contributed by atoms with E-state index in [2.05, 4.69) is 11.2 Å². The molecule has 0 aliphatic carbocycles. The van der Waals surface area contributed by atoms with Crippen LogP contribution in [0.4, 0.5) is 10.5 Å². The van der Waals surface area contributed by atoms with E-state index in [9.17, 15) is 9.59 Å². The molecule has 0 aromatic heterocycles. The van der Waals surface area contributed by atoms with Crippen LogP contribution in [0, 0.1) is 12.3 Å². The third kappa shape index (κ3) is 2.91. The predicted octanol–water partition coefficient (Wildman–Crippen LogP) is 1.80. The standard InChI is InChI=1S/C15H16N2O3/c1-2-3-8-16-15(20)17-10-11(9-14(18)19)12-6-4-5-7-13(12)17/h1,4-7,11H,3,8-10H2,(H,16,20)(H,18,19). The molecule has 2 amide bonds. The minimum Gasteiger partial charge on any atom is -0.481 e. The molecule has 0 fully saturated rings. The van der Waals surface area contributed by atoms with Gasteiger partial charge >= 0.3 is 12.0 Å². The van der Waals surface area contributed by atoms with Crippen LogP contribution in [-0.4, -0.2) is 30.2 Å². The molecule has 20 heavy (non-hydrogen) atoms. The smallest absolute Gasteiger partial charge is 0.321 e. The molecule has 104 valence electrons. The number of carbonyl (C=O) groups is 2. The van der Waals surface area contributed by atoms with Crippen LogP contribution in [0.25, 0.3) is 0 Å². The van der Waals surface area contributed by atoms with E-state index in [1.165, 1.54) is 0 Å². The summed E-state index contributed by atoms with van der Waals surface area (Å²) in [6, 6.07) is 7.16. The third-order valence-electron chi connectivity index (χ3n) is 3.28. The van der Waals surface area contributed by atoms with Gasteiger partial charge in [0.2, 0.25) is 0 Å². The summed E-state index contributed by atoms with van der Waals surface area (Å²) in [6.07, 6.45) is 5.63. The lowest BCUT2D eigenvalue weighted by molar-refractivity contribution is -0.137. The van der Waals surface area contributed by atoms with Crippen molar-refractivity contribution in [2.45, 2.75) is 18.8 Å². The summed E-state index contributed by atoms with van der Waals surface area (Å²) >= 11 is 0. The Morgan fingerprint density at radius 3 is 2.90 bits per heavy atom. The summed E-state index contributed by atoms with van der Waals surface area (Å²) in [5, 5.41) is 11.7. The zero-order valence-corrected chi connectivity index (χ0v) is 11.0. The van der Waals surface area contributed by atoms with E-state index in [1.807, 2.05) is 24.3 Å². The molecule has 1 aromatic carbocycles. The normalized spacial score (nSPS) is 16.4. The lowest BCUT2D eigenvalue weighted by Gasteiger charge is -2.18. The fourth-order valence-corrected chi connectivity index (χ4v) is 2.41. The Balaban J connectivity index is 2.14. The highest BCUT2D eigenvalue weighted by Gasteiger charge is 2.33. The van der Waals surface area contributed by atoms with Crippen molar-refractivity contribution in [1.29, 1.82) is 0 Å². The Hall–Kier alpha value is -2.48. The number of urea groups is 1. The molecule has 1 aromatic rings. The molecule has 5 heteroatoms. The van der Waals surface area contributed by atoms with E-state index < -0.39 is 5.97 Å². The number of hydrogen-bond donors (Lipinski definition) is 2. The number of aliphatic carboxylic acids is 1. The van der Waals surface area contributed by atoms with Gasteiger partial charge in [-0.25, -0.2) is 4.79 Å². The number of fused-ring (bicyclic) bond motifs is 1. The van der Waals surface area contributed by atoms with Crippen molar-refractivity contribution in [3.63, 3.8) is 0 Å². The van der Waals surface area contributed by atoms with Gasteiger partial charge in [0.05, 0.1) is 6.42 Å². The number of amides is 2. The average Bonchev–Trinajstić information content (AvgIpc) is 2.78. The van der Waals surface area contributed by atoms with E-state index in [1.54, 1.807) is 4.90 Å². The zero-order valence-electron chi connectivity index (χ0n) is 11.0. The summed E-state index contributed by atoms with van der Waals surface area (Å²) in [4.78, 5) is 24.6. The SMILES string of the molecule is C#CCCNC(=O)N1CC(CC(=O)O)c2ccccc21. The van der Waals surface area contributed by atoms with Crippen LogP contribution < -0.4 is 10.2 Å². The summed E-state index contributed by atoms with van der Waals surface area (Å²) in [5.74, 6) is 1.43. The van der Waals surface area contributed by atoms with Gasteiger partial charge < -0.3 is 10.4 Å². The highest BCUT2D eigenvalue weighted by molar-refractivity contribution is 5.95.